The van der Waals surface area contributed by atoms with Gasteiger partial charge in [0.15, 0.2) is 0 Å². The molecule has 0 aromatic carbocycles. The first-order chi connectivity index (χ1) is 12.0. The Kier molecular flexibility index (Phi) is 5.47. The van der Waals surface area contributed by atoms with Crippen LogP contribution in [0.4, 0.5) is 0 Å². The third-order valence-corrected chi connectivity index (χ3v) is 5.79. The summed E-state index contributed by atoms with van der Waals surface area (Å²) in [6.07, 6.45) is 8.54. The number of aromatic nitrogens is 1. The van der Waals surface area contributed by atoms with Crippen LogP contribution in [0, 0.1) is 6.92 Å². The largest absolute Gasteiger partial charge is 0.478 e. The Morgan fingerprint density at radius 1 is 1.12 bits per heavy atom. The molecule has 2 fully saturated rings. The van der Waals surface area contributed by atoms with Gasteiger partial charge >= 0.3 is 5.97 Å². The molecule has 6 nitrogen and oxygen atoms in total. The van der Waals surface area contributed by atoms with Gasteiger partial charge < -0.3 is 14.6 Å². The van der Waals surface area contributed by atoms with E-state index in [1.54, 1.807) is 17.7 Å². The number of carboxylic acids is 1. The molecule has 0 atom stereocenters. The van der Waals surface area contributed by atoms with Crippen LogP contribution in [-0.2, 0) is 18.3 Å². The second-order valence-corrected chi connectivity index (χ2v) is 7.44. The summed E-state index contributed by atoms with van der Waals surface area (Å²) in [6.45, 7) is 5.16. The molecule has 3 rings (SSSR count). The highest BCUT2D eigenvalue weighted by Crippen LogP contribution is 2.24. The normalized spacial score (nSPS) is 20.0. The van der Waals surface area contributed by atoms with Crippen LogP contribution in [-0.4, -0.2) is 63.6 Å². The summed E-state index contributed by atoms with van der Waals surface area (Å²) in [6, 6.07) is 0.695. The Labute approximate surface area is 149 Å². The third kappa shape index (κ3) is 3.89. The van der Waals surface area contributed by atoms with Crippen LogP contribution < -0.4 is 0 Å². The number of carboxylic acid groups (broad SMARTS) is 1. The van der Waals surface area contributed by atoms with Gasteiger partial charge in [0.25, 0.3) is 0 Å². The molecule has 1 aliphatic carbocycles. The second kappa shape index (κ2) is 7.60. The maximum Gasteiger partial charge on any atom is 0.337 e. The van der Waals surface area contributed by atoms with Crippen LogP contribution in [0.25, 0.3) is 0 Å². The number of carbonyl (C=O) groups excluding carboxylic acids is 1. The van der Waals surface area contributed by atoms with E-state index in [9.17, 15) is 14.7 Å². The first-order valence-electron chi connectivity index (χ1n) is 9.37. The zero-order chi connectivity index (χ0) is 18.0. The predicted molar refractivity (Wildman–Crippen MR) is 95.8 cm³/mol. The van der Waals surface area contributed by atoms with E-state index in [1.807, 2.05) is 11.9 Å². The summed E-state index contributed by atoms with van der Waals surface area (Å²) < 4.78 is 1.77. The molecule has 2 aliphatic rings. The summed E-state index contributed by atoms with van der Waals surface area (Å²) in [5.41, 5.74) is 1.58. The number of piperazine rings is 1. The Balaban J connectivity index is 1.59. The van der Waals surface area contributed by atoms with Crippen molar-refractivity contribution >= 4 is 11.9 Å². The van der Waals surface area contributed by atoms with Crippen molar-refractivity contribution in [2.24, 2.45) is 7.05 Å². The van der Waals surface area contributed by atoms with Gasteiger partial charge in [0.1, 0.15) is 0 Å². The van der Waals surface area contributed by atoms with Gasteiger partial charge in [0.05, 0.1) is 12.0 Å². The molecule has 1 aliphatic heterocycles. The van der Waals surface area contributed by atoms with Crippen LogP contribution in [0.2, 0.25) is 0 Å². The molecule has 2 heterocycles. The molecule has 0 unspecified atom stereocenters. The highest BCUT2D eigenvalue weighted by atomic mass is 16.4. The number of carbonyl (C=O) groups is 2. The SMILES string of the molecule is Cc1cn(C)c(CC(=O)N2CCN(C3CCCCC3)CC2)c1C(=O)O. The predicted octanol–water partition coefficient (Wildman–Crippen LogP) is 2.05. The molecule has 1 amide bonds. The van der Waals surface area contributed by atoms with Gasteiger partial charge in [-0.05, 0) is 25.3 Å². The van der Waals surface area contributed by atoms with Gasteiger partial charge in [-0.2, -0.15) is 0 Å². The molecule has 25 heavy (non-hydrogen) atoms. The number of aromatic carboxylic acids is 1. The van der Waals surface area contributed by atoms with Crippen molar-refractivity contribution in [1.29, 1.82) is 0 Å². The lowest BCUT2D eigenvalue weighted by Crippen LogP contribution is -2.52. The number of hydrogen-bond acceptors (Lipinski definition) is 3. The van der Waals surface area contributed by atoms with Crippen LogP contribution in [0.5, 0.6) is 0 Å². The van der Waals surface area contributed by atoms with Crippen molar-refractivity contribution in [3.63, 3.8) is 0 Å². The maximum atomic E-state index is 12.7. The maximum absolute atomic E-state index is 12.7. The molecule has 0 radical (unpaired) electrons. The molecule has 138 valence electrons. The van der Waals surface area contributed by atoms with Gasteiger partial charge in [-0.15, -0.1) is 0 Å². The van der Waals surface area contributed by atoms with Crippen LogP contribution >= 0.6 is 0 Å². The van der Waals surface area contributed by atoms with E-state index in [0.717, 1.165) is 26.2 Å². The van der Waals surface area contributed by atoms with Gasteiger partial charge in [0.2, 0.25) is 5.91 Å². The fourth-order valence-electron chi connectivity index (χ4n) is 4.38. The summed E-state index contributed by atoms with van der Waals surface area (Å²) in [7, 11) is 1.81. The number of aryl methyl sites for hydroxylation is 2. The summed E-state index contributed by atoms with van der Waals surface area (Å²) in [5.74, 6) is -0.921. The van der Waals surface area contributed by atoms with Gasteiger partial charge in [-0.3, -0.25) is 9.69 Å². The zero-order valence-corrected chi connectivity index (χ0v) is 15.3. The molecule has 0 bridgehead atoms. The van der Waals surface area contributed by atoms with Crippen LogP contribution in [0.15, 0.2) is 6.20 Å². The summed E-state index contributed by atoms with van der Waals surface area (Å²) in [4.78, 5) is 28.6. The molecule has 1 aromatic heterocycles. The van der Waals surface area contributed by atoms with Crippen molar-refractivity contribution in [3.05, 3.63) is 23.0 Å². The van der Waals surface area contributed by atoms with Crippen molar-refractivity contribution < 1.29 is 14.7 Å². The minimum Gasteiger partial charge on any atom is -0.478 e. The van der Waals surface area contributed by atoms with E-state index in [4.69, 9.17) is 0 Å². The molecular weight excluding hydrogens is 318 g/mol. The second-order valence-electron chi connectivity index (χ2n) is 7.44. The van der Waals surface area contributed by atoms with E-state index in [-0.39, 0.29) is 17.9 Å². The van der Waals surface area contributed by atoms with Crippen LogP contribution in [0.1, 0.15) is 53.7 Å². The average molecular weight is 347 g/mol. The molecule has 1 N–H and O–H groups in total. The fourth-order valence-corrected chi connectivity index (χ4v) is 4.38. The lowest BCUT2D eigenvalue weighted by molar-refractivity contribution is -0.132. The smallest absolute Gasteiger partial charge is 0.337 e. The zero-order valence-electron chi connectivity index (χ0n) is 15.3. The Hall–Kier alpha value is -1.82. The third-order valence-electron chi connectivity index (χ3n) is 5.79. The quantitative estimate of drug-likeness (QED) is 0.905. The van der Waals surface area contributed by atoms with Crippen molar-refractivity contribution in [3.8, 4) is 0 Å². The number of rotatable bonds is 4. The Morgan fingerprint density at radius 3 is 2.36 bits per heavy atom. The molecule has 0 spiro atoms. The van der Waals surface area contributed by atoms with E-state index in [1.165, 1.54) is 32.1 Å². The van der Waals surface area contributed by atoms with E-state index >= 15 is 0 Å². The van der Waals surface area contributed by atoms with Gasteiger partial charge in [-0.25, -0.2) is 4.79 Å². The van der Waals surface area contributed by atoms with E-state index in [0.29, 0.717) is 17.3 Å². The standard InChI is InChI=1S/C19H29N3O3/c1-14-13-20(2)16(18(14)19(24)25)12-17(23)22-10-8-21(9-11-22)15-6-4-3-5-7-15/h13,15H,3-12H2,1-2H3,(H,24,25). The van der Waals surface area contributed by atoms with Gasteiger partial charge in [-0.1, -0.05) is 19.3 Å². The number of amides is 1. The lowest BCUT2D eigenvalue weighted by Gasteiger charge is -2.40. The first-order valence-corrected chi connectivity index (χ1v) is 9.37. The van der Waals surface area contributed by atoms with Crippen LogP contribution in [0.3, 0.4) is 0 Å². The van der Waals surface area contributed by atoms with Crippen molar-refractivity contribution in [2.75, 3.05) is 26.2 Å². The Morgan fingerprint density at radius 2 is 1.76 bits per heavy atom. The average Bonchev–Trinajstić information content (AvgIpc) is 2.89. The molecule has 1 saturated carbocycles. The number of hydrogen-bond donors (Lipinski definition) is 1. The monoisotopic (exact) mass is 347 g/mol. The highest BCUT2D eigenvalue weighted by molar-refractivity contribution is 5.93. The number of nitrogens with zero attached hydrogens (tertiary/aromatic N) is 3. The molecule has 1 saturated heterocycles. The van der Waals surface area contributed by atoms with E-state index in [2.05, 4.69) is 4.90 Å². The topological polar surface area (TPSA) is 65.8 Å². The first kappa shape index (κ1) is 18.0. The molecule has 1 aromatic rings. The minimum atomic E-state index is -0.956. The fraction of sp³-hybridized carbons (Fsp3) is 0.684. The minimum absolute atomic E-state index is 0.0343. The molecular formula is C19H29N3O3. The van der Waals surface area contributed by atoms with Gasteiger partial charge in [0, 0.05) is 51.2 Å². The summed E-state index contributed by atoms with van der Waals surface area (Å²) in [5, 5.41) is 9.42. The van der Waals surface area contributed by atoms with E-state index < -0.39 is 5.97 Å². The van der Waals surface area contributed by atoms with Crippen molar-refractivity contribution in [2.45, 2.75) is 51.5 Å². The lowest BCUT2D eigenvalue weighted by atomic mass is 9.94. The van der Waals surface area contributed by atoms with Crippen molar-refractivity contribution in [1.82, 2.24) is 14.4 Å². The summed E-state index contributed by atoms with van der Waals surface area (Å²) >= 11 is 0. The highest BCUT2D eigenvalue weighted by Gasteiger charge is 2.28. The molecule has 6 heteroatoms. The Bertz CT molecular complexity index is 639.